The molecule has 6 aromatic heterocycles. The Balaban J connectivity index is 0.000000137. The third-order valence-corrected chi connectivity index (χ3v) is 25.8. The van der Waals surface area contributed by atoms with E-state index in [0.29, 0.717) is 54.9 Å². The lowest BCUT2D eigenvalue weighted by Crippen LogP contribution is -2.41. The van der Waals surface area contributed by atoms with Gasteiger partial charge in [-0.05, 0) is 282 Å². The van der Waals surface area contributed by atoms with Crippen LogP contribution in [0.25, 0.3) is 98.4 Å². The zero-order valence-electron chi connectivity index (χ0n) is 66.2. The number of hydrogen-bond acceptors (Lipinski definition) is 19. The van der Waals surface area contributed by atoms with E-state index in [-0.39, 0.29) is 30.8 Å². The fourth-order valence-electron chi connectivity index (χ4n) is 13.0. The summed E-state index contributed by atoms with van der Waals surface area (Å²) in [6.45, 7) is 26.4. The Morgan fingerprint density at radius 3 is 1.21 bits per heavy atom. The second-order valence-corrected chi connectivity index (χ2v) is 35.8. The van der Waals surface area contributed by atoms with Gasteiger partial charge in [0.25, 0.3) is 0 Å². The summed E-state index contributed by atoms with van der Waals surface area (Å²) >= 11 is 36.2. The van der Waals surface area contributed by atoms with Gasteiger partial charge < -0.3 is 72.5 Å². The fourth-order valence-corrected chi connectivity index (χ4v) is 16.1. The Bertz CT molecular complexity index is 5820. The number of hydrogen-bond donors (Lipinski definition) is 4. The van der Waals surface area contributed by atoms with E-state index in [0.717, 1.165) is 123 Å². The van der Waals surface area contributed by atoms with Crippen LogP contribution in [-0.4, -0.2) is 128 Å². The van der Waals surface area contributed by atoms with Gasteiger partial charge in [-0.15, -0.1) is 0 Å². The number of pyridine rings is 4. The molecule has 0 unspecified atom stereocenters. The number of furan rings is 2. The molecule has 8 aromatic carbocycles. The quantitative estimate of drug-likeness (QED) is 0.0686. The van der Waals surface area contributed by atoms with Gasteiger partial charge in [0.1, 0.15) is 54.9 Å². The Morgan fingerprint density at radius 2 is 0.793 bits per heavy atom. The maximum atomic E-state index is 9.17. The molecule has 0 amide bonds. The maximum Gasteiger partial charge on any atom is 0.495 e. The van der Waals surface area contributed by atoms with Crippen molar-refractivity contribution in [3.63, 3.8) is 0 Å². The fraction of sp³-hybridized carbons (Fsp3) is 0.286. The Kier molecular flexibility index (Phi) is 28.7. The third-order valence-electron chi connectivity index (χ3n) is 21.2. The molecule has 0 aliphatic carbocycles. The standard InChI is InChI=1S/C21H19BClNO3.C16H12BrClN2O.C15H7BrClNO.C12H24B2O4.C11H11BO3.C5H3BrClIN2.C4H8O.B/c1-20(2)21(3,4)27-22(26-20)15-11-17(23)24-19-18(15)14-9-12-7-5-6-8-13(12)10-16(14)25-19;1-21-13-7-10-5-3-2-4-9(10)6-11(13)15-12(17)8-14(18)20-16(15)19;16-11-7-13(17)18-15-14(11)10-5-8-3-1-2-4-9(8)6-12(10)19-15;1-9(2)10(3,4)16-13(15-9)14-17-11(5,6)12(7,8)18-14;1-15-11-7-9-5-3-2-4-8(9)6-10(11)12(13)14;6-2-1-3(7)10-5(9)4(2)8;1-2-4-5-3-1;/h5-11H,1-4H3;2-8H,1H3,(H2,19,20);1-7H;1-8H3;2-7,13-14H,1H3;1H,(H2,9,10);1-4H2;. The van der Waals surface area contributed by atoms with Crippen LogP contribution in [-0.2, 0) is 32.7 Å². The predicted molar refractivity (Wildman–Crippen MR) is 495 cm³/mol. The topological polar surface area (TPSA) is 253 Å². The van der Waals surface area contributed by atoms with E-state index in [4.69, 9.17) is 109 Å². The largest absolute Gasteiger partial charge is 0.497 e. The molecule has 4 aliphatic heterocycles. The van der Waals surface area contributed by atoms with Crippen LogP contribution in [0.5, 0.6) is 11.5 Å². The molecule has 4 aliphatic rings. The first-order chi connectivity index (χ1) is 54.3. The van der Waals surface area contributed by atoms with E-state index >= 15 is 0 Å². The molecule has 3 radical (unpaired) electrons. The van der Waals surface area contributed by atoms with Crippen molar-refractivity contribution in [3.8, 4) is 22.6 Å². The molecule has 0 spiro atoms. The third kappa shape index (κ3) is 19.9. The molecule has 0 bridgehead atoms. The van der Waals surface area contributed by atoms with Crippen LogP contribution in [0.1, 0.15) is 95.9 Å². The summed E-state index contributed by atoms with van der Waals surface area (Å²) in [5, 5.41) is 32.5. The molecular formula is C84H84B5Br3Cl4IN6O13. The Morgan fingerprint density at radius 1 is 0.440 bits per heavy atom. The molecule has 6 N–H and O–H groups in total. The van der Waals surface area contributed by atoms with Gasteiger partial charge in [0.15, 0.2) is 0 Å². The van der Waals surface area contributed by atoms with E-state index in [1.807, 2.05) is 186 Å². The minimum atomic E-state index is -1.51. The number of ether oxygens (including phenoxy) is 3. The van der Waals surface area contributed by atoms with E-state index in [2.05, 4.69) is 127 Å². The lowest BCUT2D eigenvalue weighted by molar-refractivity contribution is 0.00578. The summed E-state index contributed by atoms with van der Waals surface area (Å²) in [4.78, 5) is 16.6. The van der Waals surface area contributed by atoms with Crippen LogP contribution in [0.15, 0.2) is 192 Å². The highest BCUT2D eigenvalue weighted by Gasteiger charge is 2.64. The summed E-state index contributed by atoms with van der Waals surface area (Å²) < 4.78 is 67.2. The second-order valence-electron chi connectivity index (χ2n) is 30.6. The number of benzene rings is 8. The average Bonchev–Trinajstić information content (AvgIpc) is 1.58. The second kappa shape index (κ2) is 36.8. The summed E-state index contributed by atoms with van der Waals surface area (Å²) in [6.07, 6.45) is 2.56. The molecule has 116 heavy (non-hydrogen) atoms. The minimum Gasteiger partial charge on any atom is -0.497 e. The van der Waals surface area contributed by atoms with Gasteiger partial charge in [-0.25, -0.2) is 19.9 Å². The zero-order valence-corrected chi connectivity index (χ0v) is 76.2. The monoisotopic (exact) mass is 1940 g/mol. The van der Waals surface area contributed by atoms with Gasteiger partial charge in [-0.3, -0.25) is 0 Å². The molecule has 0 saturated carbocycles. The Hall–Kier alpha value is -6.51. The van der Waals surface area contributed by atoms with Crippen molar-refractivity contribution < 1.29 is 61.0 Å². The number of rotatable bonds is 6. The first-order valence-corrected chi connectivity index (χ1v) is 41.8. The first-order valence-electron chi connectivity index (χ1n) is 36.8. The normalized spacial score (nSPS) is 16.4. The molecule has 10 heterocycles. The number of methoxy groups -OCH3 is 2. The number of nitrogens with two attached hydrogens (primary N) is 2. The summed E-state index contributed by atoms with van der Waals surface area (Å²) in [5.41, 5.74) is 14.8. The highest BCUT2D eigenvalue weighted by atomic mass is 127. The van der Waals surface area contributed by atoms with E-state index in [1.54, 1.807) is 37.4 Å². The molecule has 19 nitrogen and oxygen atoms in total. The Labute approximate surface area is 736 Å². The van der Waals surface area contributed by atoms with Crippen molar-refractivity contribution in [1.82, 2.24) is 19.9 Å². The van der Waals surface area contributed by atoms with Crippen molar-refractivity contribution in [2.24, 2.45) is 0 Å². The highest BCUT2D eigenvalue weighted by molar-refractivity contribution is 14.1. The molecule has 4 fully saturated rings. The van der Waals surface area contributed by atoms with Gasteiger partial charge in [-0.2, -0.15) is 0 Å². The van der Waals surface area contributed by atoms with Crippen LogP contribution >= 0.6 is 117 Å². The van der Waals surface area contributed by atoms with Crippen LogP contribution in [0.2, 0.25) is 20.6 Å². The number of aromatic nitrogens is 4. The number of fused-ring (bicyclic) bond motifs is 10. The van der Waals surface area contributed by atoms with Crippen LogP contribution < -0.4 is 31.9 Å². The minimum absolute atomic E-state index is 0. The lowest BCUT2D eigenvalue weighted by atomic mass is 9.49. The van der Waals surface area contributed by atoms with Crippen molar-refractivity contribution in [3.05, 3.63) is 207 Å². The number of halogens is 8. The number of anilines is 2. The molecule has 0 atom stereocenters. The van der Waals surface area contributed by atoms with Crippen molar-refractivity contribution >= 4 is 263 Å². The average molecular weight is 1950 g/mol. The number of nitrogen functional groups attached to an aromatic ring is 2. The predicted octanol–water partition coefficient (Wildman–Crippen LogP) is 21.4. The lowest BCUT2D eigenvalue weighted by Gasteiger charge is -2.32. The highest BCUT2D eigenvalue weighted by Crippen LogP contribution is 2.46. The van der Waals surface area contributed by atoms with Crippen molar-refractivity contribution in [2.75, 3.05) is 38.9 Å². The van der Waals surface area contributed by atoms with Gasteiger partial charge in [-0.1, -0.05) is 150 Å². The van der Waals surface area contributed by atoms with Gasteiger partial charge in [0.2, 0.25) is 11.4 Å². The van der Waals surface area contributed by atoms with E-state index < -0.39 is 39.5 Å². The molecule has 4 saturated heterocycles. The summed E-state index contributed by atoms with van der Waals surface area (Å²) in [5.74, 6) is 2.05. The van der Waals surface area contributed by atoms with Crippen LogP contribution in [0.3, 0.4) is 0 Å². The zero-order chi connectivity index (χ0) is 83.0. The van der Waals surface area contributed by atoms with E-state index in [9.17, 15) is 10.0 Å². The van der Waals surface area contributed by atoms with Crippen LogP contribution in [0.4, 0.5) is 11.6 Å². The summed E-state index contributed by atoms with van der Waals surface area (Å²) in [6, 6.07) is 55.1. The smallest absolute Gasteiger partial charge is 0.495 e. The molecule has 14 aromatic rings. The van der Waals surface area contributed by atoms with Gasteiger partial charge in [0.05, 0.1) is 56.8 Å². The number of nitrogens with zero attached hydrogens (tertiary/aromatic N) is 4. The van der Waals surface area contributed by atoms with E-state index in [1.165, 1.54) is 25.3 Å². The van der Waals surface area contributed by atoms with Crippen molar-refractivity contribution in [1.29, 1.82) is 0 Å². The SMILES string of the molecule is C1CCOC1.CC1(C)OB(B2OC(C)(C)C(C)(C)O2)OC1(C)C.CC1(C)OB(c2cc(Cl)nc3oc4cc5ccccc5cc4c23)OC1(C)C.COc1cc2ccccc2cc1-c1c(Br)cc(Cl)nc1N.COc1cc2ccccc2cc1B(O)O.Clc1cc(Br)c2c(n1)oc1cc3ccccc3cc12.Nc1nc(Cl)cc(Br)c1I.[B]. The van der Waals surface area contributed by atoms with Crippen LogP contribution in [0, 0.1) is 3.57 Å². The van der Waals surface area contributed by atoms with Gasteiger partial charge >= 0.3 is 28.3 Å². The molecule has 599 valence electrons. The molecular weight excluding hydrogens is 1860 g/mol. The first kappa shape index (κ1) is 90.3. The molecule has 32 heteroatoms. The molecule has 18 rings (SSSR count). The van der Waals surface area contributed by atoms with Gasteiger partial charge in [0, 0.05) is 67.8 Å². The maximum absolute atomic E-state index is 9.17. The summed E-state index contributed by atoms with van der Waals surface area (Å²) in [7, 11) is 0.152. The van der Waals surface area contributed by atoms with Crippen molar-refractivity contribution in [2.45, 2.75) is 130 Å².